The van der Waals surface area contributed by atoms with Crippen molar-refractivity contribution in [2.75, 3.05) is 7.11 Å². The van der Waals surface area contributed by atoms with Crippen LogP contribution in [-0.2, 0) is 0 Å². The highest BCUT2D eigenvalue weighted by molar-refractivity contribution is 9.10. The number of rotatable bonds is 3. The highest BCUT2D eigenvalue weighted by Crippen LogP contribution is 2.38. The molecule has 0 fully saturated rings. The minimum Gasteiger partial charge on any atom is -0.496 e. The first-order valence-corrected chi connectivity index (χ1v) is 6.53. The normalized spacial score (nSPS) is 10.2. The first-order valence-electron chi connectivity index (χ1n) is 4.98. The van der Waals surface area contributed by atoms with Crippen molar-refractivity contribution < 1.29 is 9.47 Å². The Bertz CT molecular complexity index is 532. The van der Waals surface area contributed by atoms with E-state index in [1.807, 2.05) is 0 Å². The lowest BCUT2D eigenvalue weighted by Gasteiger charge is -2.10. The number of hydrogen-bond acceptors (Lipinski definition) is 2. The van der Waals surface area contributed by atoms with Crippen molar-refractivity contribution in [2.45, 2.75) is 0 Å². The standard InChI is InChI=1S/C13H8BrCl2O2/c1-17-9-2-4-10(5-3-9)18-13-11(15)6-8(14)7-12(13)16/h2,4-7H,1H3. The Kier molecular flexibility index (Phi) is 4.38. The maximum Gasteiger partial charge on any atom is 0.164 e. The monoisotopic (exact) mass is 345 g/mol. The van der Waals surface area contributed by atoms with Crippen molar-refractivity contribution in [2.24, 2.45) is 0 Å². The van der Waals surface area contributed by atoms with Crippen LogP contribution in [0.15, 0.2) is 34.8 Å². The highest BCUT2D eigenvalue weighted by atomic mass is 79.9. The summed E-state index contributed by atoms with van der Waals surface area (Å²) >= 11 is 15.4. The van der Waals surface area contributed by atoms with E-state index >= 15 is 0 Å². The van der Waals surface area contributed by atoms with Gasteiger partial charge in [0.15, 0.2) is 5.75 Å². The van der Waals surface area contributed by atoms with Gasteiger partial charge in [-0.2, -0.15) is 0 Å². The van der Waals surface area contributed by atoms with Crippen LogP contribution in [0.5, 0.6) is 17.2 Å². The number of hydrogen-bond donors (Lipinski definition) is 0. The molecular formula is C13H8BrCl2O2. The largest absolute Gasteiger partial charge is 0.496 e. The van der Waals surface area contributed by atoms with E-state index < -0.39 is 0 Å². The molecule has 0 saturated heterocycles. The molecule has 2 nitrogen and oxygen atoms in total. The summed E-state index contributed by atoms with van der Waals surface area (Å²) in [6, 6.07) is 11.5. The molecular weight excluding hydrogens is 339 g/mol. The fourth-order valence-electron chi connectivity index (χ4n) is 1.33. The van der Waals surface area contributed by atoms with Crippen LogP contribution in [0.3, 0.4) is 0 Å². The molecule has 0 aliphatic rings. The Morgan fingerprint density at radius 2 is 1.83 bits per heavy atom. The van der Waals surface area contributed by atoms with E-state index in [4.69, 9.17) is 32.7 Å². The summed E-state index contributed by atoms with van der Waals surface area (Å²) in [4.78, 5) is 0. The molecule has 0 aliphatic carbocycles. The molecule has 2 aromatic rings. The fraction of sp³-hybridized carbons (Fsp3) is 0.0769. The Labute approximate surface area is 124 Å². The zero-order chi connectivity index (χ0) is 13.1. The van der Waals surface area contributed by atoms with Crippen LogP contribution < -0.4 is 9.47 Å². The van der Waals surface area contributed by atoms with Gasteiger partial charge in [0.1, 0.15) is 11.5 Å². The molecule has 0 amide bonds. The number of benzene rings is 2. The maximum absolute atomic E-state index is 6.07. The van der Waals surface area contributed by atoms with Crippen LogP contribution in [0.4, 0.5) is 0 Å². The summed E-state index contributed by atoms with van der Waals surface area (Å²) in [5, 5.41) is 0.871. The van der Waals surface area contributed by atoms with Gasteiger partial charge in [0, 0.05) is 10.5 Å². The van der Waals surface area contributed by atoms with Crippen LogP contribution in [0.25, 0.3) is 0 Å². The van der Waals surface area contributed by atoms with Crippen molar-refractivity contribution in [3.05, 3.63) is 50.9 Å². The van der Waals surface area contributed by atoms with Crippen molar-refractivity contribution in [3.63, 3.8) is 0 Å². The fourth-order valence-corrected chi connectivity index (χ4v) is 2.62. The molecule has 0 spiro atoms. The average molecular weight is 347 g/mol. The molecule has 0 aliphatic heterocycles. The van der Waals surface area contributed by atoms with Crippen LogP contribution in [-0.4, -0.2) is 7.11 Å². The Balaban J connectivity index is 2.28. The van der Waals surface area contributed by atoms with Crippen molar-refractivity contribution >= 4 is 39.1 Å². The van der Waals surface area contributed by atoms with E-state index in [1.54, 1.807) is 37.4 Å². The molecule has 18 heavy (non-hydrogen) atoms. The van der Waals surface area contributed by atoms with Gasteiger partial charge in [0.2, 0.25) is 0 Å². The van der Waals surface area contributed by atoms with Gasteiger partial charge in [0.25, 0.3) is 0 Å². The SMILES string of the molecule is COc1[c]cc(Oc2c(Cl)cc(Br)cc2Cl)cc1. The van der Waals surface area contributed by atoms with E-state index in [2.05, 4.69) is 22.0 Å². The van der Waals surface area contributed by atoms with Crippen LogP contribution in [0, 0.1) is 6.07 Å². The molecule has 0 N–H and O–H groups in total. The summed E-state index contributed by atoms with van der Waals surface area (Å²) in [6.07, 6.45) is 0. The summed E-state index contributed by atoms with van der Waals surface area (Å²) in [5.74, 6) is 1.64. The first kappa shape index (κ1) is 13.5. The smallest absolute Gasteiger partial charge is 0.164 e. The highest BCUT2D eigenvalue weighted by Gasteiger charge is 2.10. The molecule has 1 radical (unpaired) electrons. The van der Waals surface area contributed by atoms with E-state index in [9.17, 15) is 0 Å². The summed E-state index contributed by atoms with van der Waals surface area (Å²) < 4.78 is 11.4. The second-order valence-corrected chi connectivity index (χ2v) is 5.12. The van der Waals surface area contributed by atoms with E-state index in [0.717, 1.165) is 4.47 Å². The van der Waals surface area contributed by atoms with Crippen LogP contribution in [0.2, 0.25) is 10.0 Å². The molecule has 5 heteroatoms. The molecule has 0 aromatic heterocycles. The van der Waals surface area contributed by atoms with E-state index in [-0.39, 0.29) is 0 Å². The minimum absolute atomic E-state index is 0.417. The van der Waals surface area contributed by atoms with Crippen LogP contribution in [0.1, 0.15) is 0 Å². The molecule has 0 unspecified atom stereocenters. The van der Waals surface area contributed by atoms with Crippen LogP contribution >= 0.6 is 39.1 Å². The first-order chi connectivity index (χ1) is 8.60. The van der Waals surface area contributed by atoms with Crippen molar-refractivity contribution in [3.8, 4) is 17.2 Å². The third-order valence-electron chi connectivity index (χ3n) is 2.16. The van der Waals surface area contributed by atoms with Gasteiger partial charge in [-0.15, -0.1) is 0 Å². The third-order valence-corrected chi connectivity index (χ3v) is 3.18. The average Bonchev–Trinajstić information content (AvgIpc) is 2.34. The van der Waals surface area contributed by atoms with Gasteiger partial charge >= 0.3 is 0 Å². The molecule has 2 aromatic carbocycles. The second-order valence-electron chi connectivity index (χ2n) is 3.39. The second kappa shape index (κ2) is 5.83. The van der Waals surface area contributed by atoms with E-state index in [0.29, 0.717) is 27.3 Å². The lowest BCUT2D eigenvalue weighted by Crippen LogP contribution is -1.88. The molecule has 2 rings (SSSR count). The van der Waals surface area contributed by atoms with Gasteiger partial charge < -0.3 is 9.47 Å². The Morgan fingerprint density at radius 1 is 1.17 bits per heavy atom. The topological polar surface area (TPSA) is 18.5 Å². The van der Waals surface area contributed by atoms with Gasteiger partial charge in [0.05, 0.1) is 17.2 Å². The molecule has 0 bridgehead atoms. The molecule has 0 atom stereocenters. The Morgan fingerprint density at radius 3 is 2.33 bits per heavy atom. The zero-order valence-electron chi connectivity index (χ0n) is 9.34. The maximum atomic E-state index is 6.07. The predicted octanol–water partition coefficient (Wildman–Crippen LogP) is 5.36. The number of ether oxygens (including phenoxy) is 2. The van der Waals surface area contributed by atoms with Crippen molar-refractivity contribution in [1.82, 2.24) is 0 Å². The van der Waals surface area contributed by atoms with E-state index in [1.165, 1.54) is 0 Å². The van der Waals surface area contributed by atoms with Gasteiger partial charge in [-0.05, 0) is 30.3 Å². The quantitative estimate of drug-likeness (QED) is 0.745. The predicted molar refractivity (Wildman–Crippen MR) is 76.1 cm³/mol. The summed E-state index contributed by atoms with van der Waals surface area (Å²) in [7, 11) is 1.58. The number of methoxy groups -OCH3 is 1. The lowest BCUT2D eigenvalue weighted by atomic mass is 10.3. The third kappa shape index (κ3) is 3.10. The van der Waals surface area contributed by atoms with Gasteiger partial charge in [-0.25, -0.2) is 0 Å². The molecule has 93 valence electrons. The molecule has 0 saturated carbocycles. The van der Waals surface area contributed by atoms with Gasteiger partial charge in [-0.3, -0.25) is 0 Å². The molecule has 0 heterocycles. The minimum atomic E-state index is 0.417. The Hall–Kier alpha value is -0.900. The lowest BCUT2D eigenvalue weighted by molar-refractivity contribution is 0.412. The zero-order valence-corrected chi connectivity index (χ0v) is 12.4. The summed E-state index contributed by atoms with van der Waals surface area (Å²) in [6.45, 7) is 0. The van der Waals surface area contributed by atoms with Gasteiger partial charge in [-0.1, -0.05) is 39.1 Å². The number of halogens is 3. The summed E-state index contributed by atoms with van der Waals surface area (Å²) in [5.41, 5.74) is 0. The van der Waals surface area contributed by atoms with Crippen molar-refractivity contribution in [1.29, 1.82) is 0 Å².